The zero-order valence-corrected chi connectivity index (χ0v) is 11.0. The van der Waals surface area contributed by atoms with E-state index in [-0.39, 0.29) is 12.8 Å². The van der Waals surface area contributed by atoms with Crippen molar-refractivity contribution in [3.63, 3.8) is 0 Å². The van der Waals surface area contributed by atoms with Crippen LogP contribution in [-0.4, -0.2) is 23.0 Å². The molecule has 1 aromatic rings. The second kappa shape index (κ2) is 7.24. The van der Waals surface area contributed by atoms with Crippen molar-refractivity contribution < 1.29 is 19.1 Å². The first-order valence-corrected chi connectivity index (χ1v) is 6.08. The molecule has 0 aliphatic carbocycles. The van der Waals surface area contributed by atoms with Crippen molar-refractivity contribution in [3.05, 3.63) is 35.6 Å². The van der Waals surface area contributed by atoms with Gasteiger partial charge < -0.3 is 10.4 Å². The summed E-state index contributed by atoms with van der Waals surface area (Å²) >= 11 is 0. The maximum atomic E-state index is 13.0. The highest BCUT2D eigenvalue weighted by Gasteiger charge is 2.22. The van der Waals surface area contributed by atoms with Crippen LogP contribution in [0, 0.1) is 23.1 Å². The van der Waals surface area contributed by atoms with E-state index in [0.29, 0.717) is 5.56 Å². The monoisotopic (exact) mass is 278 g/mol. The lowest BCUT2D eigenvalue weighted by atomic mass is 10.0. The quantitative estimate of drug-likeness (QED) is 0.824. The predicted octanol–water partition coefficient (Wildman–Crippen LogP) is 1.49. The highest BCUT2D eigenvalue weighted by atomic mass is 19.1. The second-order valence-electron chi connectivity index (χ2n) is 4.53. The zero-order valence-electron chi connectivity index (χ0n) is 11.0. The summed E-state index contributed by atoms with van der Waals surface area (Å²) < 4.78 is 13.0. The molecule has 0 saturated carbocycles. The van der Waals surface area contributed by atoms with Crippen LogP contribution < -0.4 is 5.32 Å². The average molecular weight is 278 g/mol. The van der Waals surface area contributed by atoms with Gasteiger partial charge in [-0.2, -0.15) is 5.26 Å². The van der Waals surface area contributed by atoms with Crippen LogP contribution in [0.2, 0.25) is 0 Å². The summed E-state index contributed by atoms with van der Waals surface area (Å²) in [5.41, 5.74) is 0.458. The van der Waals surface area contributed by atoms with Crippen molar-refractivity contribution in [2.75, 3.05) is 0 Å². The predicted molar refractivity (Wildman–Crippen MR) is 69.1 cm³/mol. The third kappa shape index (κ3) is 5.06. The highest BCUT2D eigenvalue weighted by molar-refractivity contribution is 5.84. The molecule has 0 aliphatic heterocycles. The molecule has 106 valence electrons. The Morgan fingerprint density at radius 3 is 2.75 bits per heavy atom. The van der Waals surface area contributed by atoms with Gasteiger partial charge in [0.25, 0.3) is 0 Å². The van der Waals surface area contributed by atoms with Crippen molar-refractivity contribution in [3.8, 4) is 6.07 Å². The molecule has 2 atom stereocenters. The van der Waals surface area contributed by atoms with Gasteiger partial charge in [-0.3, -0.25) is 4.79 Å². The summed E-state index contributed by atoms with van der Waals surface area (Å²) in [6.45, 7) is 1.58. The number of carbonyl (C=O) groups is 2. The van der Waals surface area contributed by atoms with Crippen molar-refractivity contribution in [1.82, 2.24) is 5.32 Å². The minimum atomic E-state index is -1.19. The van der Waals surface area contributed by atoms with E-state index in [1.54, 1.807) is 13.0 Å². The highest BCUT2D eigenvalue weighted by Crippen LogP contribution is 2.07. The molecule has 1 aromatic carbocycles. The van der Waals surface area contributed by atoms with E-state index in [9.17, 15) is 14.0 Å². The number of hydrogen-bond acceptors (Lipinski definition) is 3. The molecular formula is C14H15FN2O3. The SMILES string of the molecule is C[C@H](C#N)C[C@@H](NC(=O)Cc1cccc(F)c1)C(=O)O. The van der Waals surface area contributed by atoms with Gasteiger partial charge >= 0.3 is 5.97 Å². The molecule has 0 heterocycles. The van der Waals surface area contributed by atoms with Crippen LogP contribution in [0.15, 0.2) is 24.3 Å². The number of nitrogens with one attached hydrogen (secondary N) is 1. The van der Waals surface area contributed by atoms with Crippen molar-refractivity contribution in [1.29, 1.82) is 5.26 Å². The molecule has 0 radical (unpaired) electrons. The fraction of sp³-hybridized carbons (Fsp3) is 0.357. The van der Waals surface area contributed by atoms with E-state index in [1.807, 2.05) is 6.07 Å². The standard InChI is InChI=1S/C14H15FN2O3/c1-9(8-16)5-12(14(19)20)17-13(18)7-10-3-2-4-11(15)6-10/h2-4,6,9,12H,5,7H2,1H3,(H,17,18)(H,19,20)/t9-,12+/m0/s1. The number of carboxylic acids is 1. The van der Waals surface area contributed by atoms with E-state index < -0.39 is 29.7 Å². The molecule has 0 saturated heterocycles. The molecular weight excluding hydrogens is 263 g/mol. The van der Waals surface area contributed by atoms with E-state index in [1.165, 1.54) is 18.2 Å². The first kappa shape index (κ1) is 15.6. The molecule has 6 heteroatoms. The first-order valence-electron chi connectivity index (χ1n) is 6.08. The molecule has 0 bridgehead atoms. The van der Waals surface area contributed by atoms with Crippen molar-refractivity contribution in [2.24, 2.45) is 5.92 Å². The largest absolute Gasteiger partial charge is 0.480 e. The maximum Gasteiger partial charge on any atom is 0.326 e. The van der Waals surface area contributed by atoms with Gasteiger partial charge in [0.05, 0.1) is 12.5 Å². The summed E-state index contributed by atoms with van der Waals surface area (Å²) in [7, 11) is 0. The summed E-state index contributed by atoms with van der Waals surface area (Å²) in [6, 6.07) is 6.33. The van der Waals surface area contributed by atoms with Crippen LogP contribution in [0.3, 0.4) is 0 Å². The molecule has 2 N–H and O–H groups in total. The van der Waals surface area contributed by atoms with E-state index in [4.69, 9.17) is 10.4 Å². The van der Waals surface area contributed by atoms with E-state index in [0.717, 1.165) is 0 Å². The molecule has 0 aliphatic rings. The van der Waals surface area contributed by atoms with Crippen LogP contribution in [0.5, 0.6) is 0 Å². The Hall–Kier alpha value is -2.42. The Bertz CT molecular complexity index is 539. The lowest BCUT2D eigenvalue weighted by Gasteiger charge is -2.15. The minimum absolute atomic E-state index is 0.0285. The number of carbonyl (C=O) groups excluding carboxylic acids is 1. The van der Waals surface area contributed by atoms with Crippen LogP contribution >= 0.6 is 0 Å². The molecule has 1 amide bonds. The minimum Gasteiger partial charge on any atom is -0.480 e. The fourth-order valence-electron chi connectivity index (χ4n) is 1.71. The van der Waals surface area contributed by atoms with Crippen LogP contribution in [-0.2, 0) is 16.0 Å². The second-order valence-corrected chi connectivity index (χ2v) is 4.53. The number of nitriles is 1. The topological polar surface area (TPSA) is 90.2 Å². The van der Waals surface area contributed by atoms with Gasteiger partial charge in [0.1, 0.15) is 11.9 Å². The summed E-state index contributed by atoms with van der Waals surface area (Å²) in [4.78, 5) is 22.7. The van der Waals surface area contributed by atoms with Gasteiger partial charge in [0.15, 0.2) is 0 Å². The number of amides is 1. The zero-order chi connectivity index (χ0) is 15.1. The van der Waals surface area contributed by atoms with E-state index in [2.05, 4.69) is 5.32 Å². The van der Waals surface area contributed by atoms with Crippen LogP contribution in [0.4, 0.5) is 4.39 Å². The number of benzene rings is 1. The van der Waals surface area contributed by atoms with Gasteiger partial charge in [-0.1, -0.05) is 12.1 Å². The number of halogens is 1. The summed E-state index contributed by atoms with van der Waals surface area (Å²) in [6.07, 6.45) is -0.0802. The number of hydrogen-bond donors (Lipinski definition) is 2. The Balaban J connectivity index is 2.63. The molecule has 0 aromatic heterocycles. The lowest BCUT2D eigenvalue weighted by Crippen LogP contribution is -2.42. The van der Waals surface area contributed by atoms with Gasteiger partial charge in [-0.15, -0.1) is 0 Å². The lowest BCUT2D eigenvalue weighted by molar-refractivity contribution is -0.142. The molecule has 0 fully saturated rings. The maximum absolute atomic E-state index is 13.0. The van der Waals surface area contributed by atoms with Gasteiger partial charge in [0.2, 0.25) is 5.91 Å². The molecule has 5 nitrogen and oxygen atoms in total. The van der Waals surface area contributed by atoms with Gasteiger partial charge in [-0.05, 0) is 31.0 Å². The Morgan fingerprint density at radius 1 is 1.50 bits per heavy atom. The van der Waals surface area contributed by atoms with Gasteiger partial charge in [0, 0.05) is 5.92 Å². The molecule has 0 unspecified atom stereocenters. The Labute approximate surface area is 116 Å². The average Bonchev–Trinajstić information content (AvgIpc) is 2.37. The van der Waals surface area contributed by atoms with Crippen molar-refractivity contribution in [2.45, 2.75) is 25.8 Å². The number of nitrogens with zero attached hydrogens (tertiary/aromatic N) is 1. The fourth-order valence-corrected chi connectivity index (χ4v) is 1.71. The Kier molecular flexibility index (Phi) is 5.66. The number of carboxylic acid groups (broad SMARTS) is 1. The normalized spacial score (nSPS) is 13.1. The van der Waals surface area contributed by atoms with Crippen LogP contribution in [0.1, 0.15) is 18.9 Å². The summed E-state index contributed by atoms with van der Waals surface area (Å²) in [5.74, 6) is -2.65. The van der Waals surface area contributed by atoms with Gasteiger partial charge in [-0.25, -0.2) is 9.18 Å². The third-order valence-electron chi connectivity index (χ3n) is 2.70. The molecule has 1 rings (SSSR count). The third-order valence-corrected chi connectivity index (χ3v) is 2.70. The molecule has 0 spiro atoms. The number of rotatable bonds is 6. The first-order chi connectivity index (χ1) is 9.42. The van der Waals surface area contributed by atoms with Crippen LogP contribution in [0.25, 0.3) is 0 Å². The van der Waals surface area contributed by atoms with Crippen molar-refractivity contribution >= 4 is 11.9 Å². The van der Waals surface area contributed by atoms with E-state index >= 15 is 0 Å². The summed E-state index contributed by atoms with van der Waals surface area (Å²) in [5, 5.41) is 20.0. The Morgan fingerprint density at radius 2 is 2.20 bits per heavy atom. The molecule has 20 heavy (non-hydrogen) atoms. The smallest absolute Gasteiger partial charge is 0.326 e. The number of aliphatic carboxylic acids is 1.